The Morgan fingerprint density at radius 1 is 1.03 bits per heavy atom. The molecule has 1 unspecified atom stereocenters. The standard InChI is InChI=1S/C26H29BrF3NO4/c1-17(18-14-20(26(28,29)30)16-21(27)15-18)34-22(32)25(19-8-6-5-7-9-19)10-12-31(13-11-25)23(33)35-24(2,3)4/h5-9,14-17H,10-13H2,1-4H3. The lowest BCUT2D eigenvalue weighted by molar-refractivity contribution is -0.158. The van der Waals surface area contributed by atoms with Crippen LogP contribution in [0.25, 0.3) is 0 Å². The Bertz CT molecular complexity index is 1060. The van der Waals surface area contributed by atoms with E-state index < -0.39 is 40.9 Å². The van der Waals surface area contributed by atoms with Gasteiger partial charge in [0.2, 0.25) is 0 Å². The third-order valence-electron chi connectivity index (χ3n) is 5.99. The van der Waals surface area contributed by atoms with Gasteiger partial charge in [0.1, 0.15) is 11.7 Å². The summed E-state index contributed by atoms with van der Waals surface area (Å²) in [4.78, 5) is 27.7. The summed E-state index contributed by atoms with van der Waals surface area (Å²) in [6.07, 6.45) is -5.29. The predicted octanol–water partition coefficient (Wildman–Crippen LogP) is 7.04. The van der Waals surface area contributed by atoms with Gasteiger partial charge in [-0.2, -0.15) is 13.2 Å². The van der Waals surface area contributed by atoms with Gasteiger partial charge in [0, 0.05) is 17.6 Å². The average molecular weight is 556 g/mol. The van der Waals surface area contributed by atoms with E-state index in [1.807, 2.05) is 30.3 Å². The molecule has 1 saturated heterocycles. The summed E-state index contributed by atoms with van der Waals surface area (Å²) in [6, 6.07) is 12.6. The molecular formula is C26H29BrF3NO4. The largest absolute Gasteiger partial charge is 0.457 e. The van der Waals surface area contributed by atoms with Crippen molar-refractivity contribution in [2.24, 2.45) is 0 Å². The van der Waals surface area contributed by atoms with Gasteiger partial charge in [-0.05, 0) is 69.9 Å². The lowest BCUT2D eigenvalue weighted by Crippen LogP contribution is -2.50. The van der Waals surface area contributed by atoms with Gasteiger partial charge < -0.3 is 14.4 Å². The maximum atomic E-state index is 13.6. The number of ether oxygens (including phenoxy) is 2. The lowest BCUT2D eigenvalue weighted by Gasteiger charge is -2.41. The summed E-state index contributed by atoms with van der Waals surface area (Å²) in [5.74, 6) is -0.534. The number of nitrogens with zero attached hydrogens (tertiary/aromatic N) is 1. The molecule has 2 aromatic rings. The van der Waals surface area contributed by atoms with Gasteiger partial charge in [-0.1, -0.05) is 46.3 Å². The monoisotopic (exact) mass is 555 g/mol. The Kier molecular flexibility index (Phi) is 7.89. The smallest absolute Gasteiger partial charge is 0.416 e. The zero-order chi connectivity index (χ0) is 26.0. The molecule has 1 aliphatic heterocycles. The first-order valence-corrected chi connectivity index (χ1v) is 12.1. The summed E-state index contributed by atoms with van der Waals surface area (Å²) in [5.41, 5.74) is -1.53. The van der Waals surface area contributed by atoms with Crippen molar-refractivity contribution in [3.8, 4) is 0 Å². The Morgan fingerprint density at radius 2 is 1.63 bits per heavy atom. The van der Waals surface area contributed by atoms with Crippen LogP contribution in [0.2, 0.25) is 0 Å². The Balaban J connectivity index is 1.84. The summed E-state index contributed by atoms with van der Waals surface area (Å²) >= 11 is 3.11. The molecule has 0 radical (unpaired) electrons. The normalized spacial score (nSPS) is 17.0. The van der Waals surface area contributed by atoms with Gasteiger partial charge in [0.15, 0.2) is 0 Å². The highest BCUT2D eigenvalue weighted by Gasteiger charge is 2.46. The number of carbonyl (C=O) groups is 2. The zero-order valence-corrected chi connectivity index (χ0v) is 21.7. The molecule has 1 aliphatic rings. The van der Waals surface area contributed by atoms with Crippen LogP contribution in [0.3, 0.4) is 0 Å². The predicted molar refractivity (Wildman–Crippen MR) is 129 cm³/mol. The van der Waals surface area contributed by atoms with Gasteiger partial charge >= 0.3 is 18.2 Å². The highest BCUT2D eigenvalue weighted by Crippen LogP contribution is 2.40. The van der Waals surface area contributed by atoms with Gasteiger partial charge in [-0.15, -0.1) is 0 Å². The first-order valence-electron chi connectivity index (χ1n) is 11.3. The summed E-state index contributed by atoms with van der Waals surface area (Å²) < 4.78 is 51.3. The van der Waals surface area contributed by atoms with Crippen LogP contribution in [0.1, 0.15) is 63.3 Å². The SMILES string of the molecule is CC(OC(=O)C1(c2ccccc2)CCN(C(=O)OC(C)(C)C)CC1)c1cc(Br)cc(C(F)(F)F)c1. The van der Waals surface area contributed by atoms with Crippen molar-refractivity contribution in [3.63, 3.8) is 0 Å². The minimum absolute atomic E-state index is 0.231. The molecule has 5 nitrogen and oxygen atoms in total. The molecule has 0 bridgehead atoms. The second kappa shape index (κ2) is 10.2. The highest BCUT2D eigenvalue weighted by molar-refractivity contribution is 9.10. The van der Waals surface area contributed by atoms with Crippen LogP contribution in [0, 0.1) is 0 Å². The van der Waals surface area contributed by atoms with Gasteiger partial charge in [0.25, 0.3) is 0 Å². The number of hydrogen-bond donors (Lipinski definition) is 0. The quantitative estimate of drug-likeness (QED) is 0.379. The maximum Gasteiger partial charge on any atom is 0.416 e. The summed E-state index contributed by atoms with van der Waals surface area (Å²) in [7, 11) is 0. The fourth-order valence-electron chi connectivity index (χ4n) is 4.12. The first kappa shape index (κ1) is 27.0. The number of hydrogen-bond acceptors (Lipinski definition) is 4. The Labute approximate surface area is 211 Å². The van der Waals surface area contributed by atoms with E-state index in [1.54, 1.807) is 32.6 Å². The van der Waals surface area contributed by atoms with E-state index in [9.17, 15) is 22.8 Å². The molecule has 1 amide bonds. The van der Waals surface area contributed by atoms with Gasteiger partial charge in [0.05, 0.1) is 11.0 Å². The third kappa shape index (κ3) is 6.57. The summed E-state index contributed by atoms with van der Waals surface area (Å²) in [5, 5.41) is 0. The van der Waals surface area contributed by atoms with E-state index in [0.29, 0.717) is 12.8 Å². The van der Waals surface area contributed by atoms with Crippen molar-refractivity contribution in [1.82, 2.24) is 4.90 Å². The molecule has 0 saturated carbocycles. The van der Waals surface area contributed by atoms with Crippen molar-refractivity contribution in [1.29, 1.82) is 0 Å². The molecule has 9 heteroatoms. The third-order valence-corrected chi connectivity index (χ3v) is 6.44. The van der Waals surface area contributed by atoms with E-state index >= 15 is 0 Å². The van der Waals surface area contributed by atoms with Crippen molar-refractivity contribution in [2.75, 3.05) is 13.1 Å². The first-order chi connectivity index (χ1) is 16.2. The number of halogens is 4. The molecule has 1 heterocycles. The Hall–Kier alpha value is -2.55. The molecule has 0 aliphatic carbocycles. The average Bonchev–Trinajstić information content (AvgIpc) is 2.77. The van der Waals surface area contributed by atoms with Crippen LogP contribution >= 0.6 is 15.9 Å². The highest BCUT2D eigenvalue weighted by atomic mass is 79.9. The number of alkyl halides is 3. The van der Waals surface area contributed by atoms with Gasteiger partial charge in [-0.3, -0.25) is 4.79 Å². The minimum Gasteiger partial charge on any atom is -0.457 e. The lowest BCUT2D eigenvalue weighted by atomic mass is 9.72. The van der Waals surface area contributed by atoms with Crippen molar-refractivity contribution in [3.05, 3.63) is 69.7 Å². The minimum atomic E-state index is -4.53. The number of likely N-dealkylation sites (tertiary alicyclic amines) is 1. The molecule has 190 valence electrons. The molecule has 0 spiro atoms. The van der Waals surface area contributed by atoms with E-state index in [4.69, 9.17) is 9.47 Å². The van der Waals surface area contributed by atoms with Crippen LogP contribution in [0.15, 0.2) is 53.0 Å². The molecule has 1 fully saturated rings. The fraction of sp³-hybridized carbons (Fsp3) is 0.462. The fourth-order valence-corrected chi connectivity index (χ4v) is 4.63. The number of esters is 1. The number of amides is 1. The van der Waals surface area contributed by atoms with Crippen LogP contribution in [0.4, 0.5) is 18.0 Å². The van der Waals surface area contributed by atoms with Gasteiger partial charge in [-0.25, -0.2) is 4.79 Å². The second-order valence-electron chi connectivity index (χ2n) is 9.73. The zero-order valence-electron chi connectivity index (χ0n) is 20.1. The van der Waals surface area contributed by atoms with E-state index in [0.717, 1.165) is 17.7 Å². The second-order valence-corrected chi connectivity index (χ2v) is 10.6. The number of piperidine rings is 1. The van der Waals surface area contributed by atoms with E-state index in [-0.39, 0.29) is 23.1 Å². The number of rotatable bonds is 4. The van der Waals surface area contributed by atoms with Crippen LogP contribution in [-0.4, -0.2) is 35.7 Å². The molecule has 1 atom stereocenters. The van der Waals surface area contributed by atoms with Crippen LogP contribution in [-0.2, 0) is 25.9 Å². The van der Waals surface area contributed by atoms with E-state index in [2.05, 4.69) is 15.9 Å². The molecule has 0 N–H and O–H groups in total. The van der Waals surface area contributed by atoms with Crippen LogP contribution < -0.4 is 0 Å². The Morgan fingerprint density at radius 3 is 2.17 bits per heavy atom. The molecule has 2 aromatic carbocycles. The molecule has 35 heavy (non-hydrogen) atoms. The molecular weight excluding hydrogens is 527 g/mol. The number of benzene rings is 2. The van der Waals surface area contributed by atoms with E-state index in [1.165, 1.54) is 6.07 Å². The molecule has 0 aromatic heterocycles. The summed E-state index contributed by atoms with van der Waals surface area (Å²) in [6.45, 7) is 7.47. The van der Waals surface area contributed by atoms with Crippen molar-refractivity contribution < 1.29 is 32.2 Å². The maximum absolute atomic E-state index is 13.6. The van der Waals surface area contributed by atoms with Crippen LogP contribution in [0.5, 0.6) is 0 Å². The molecule has 3 rings (SSSR count). The number of carbonyl (C=O) groups excluding carboxylic acids is 2. The van der Waals surface area contributed by atoms with Crippen molar-refractivity contribution in [2.45, 2.75) is 63.8 Å². The topological polar surface area (TPSA) is 55.8 Å². The van der Waals surface area contributed by atoms with Crippen molar-refractivity contribution >= 4 is 28.0 Å².